The van der Waals surface area contributed by atoms with Crippen molar-refractivity contribution in [1.29, 1.82) is 0 Å². The summed E-state index contributed by atoms with van der Waals surface area (Å²) in [5.41, 5.74) is 9.70. The van der Waals surface area contributed by atoms with E-state index >= 15 is 0 Å². The lowest BCUT2D eigenvalue weighted by molar-refractivity contribution is 0.110. The molecule has 1 aliphatic heterocycles. The van der Waals surface area contributed by atoms with Gasteiger partial charge in [0.25, 0.3) is 5.56 Å². The number of anilines is 1. The molecule has 170 valence electrons. The van der Waals surface area contributed by atoms with Crippen molar-refractivity contribution in [3.63, 3.8) is 0 Å². The van der Waals surface area contributed by atoms with E-state index in [0.29, 0.717) is 41.2 Å². The maximum Gasteiger partial charge on any atom is 0.278 e. The third-order valence-electron chi connectivity index (χ3n) is 5.78. The lowest BCUT2D eigenvalue weighted by atomic mass is 9.99. The number of rotatable bonds is 6. The number of thioether (sulfide) groups is 1. The molecule has 0 fully saturated rings. The Bertz CT molecular complexity index is 1380. The van der Waals surface area contributed by atoms with Crippen molar-refractivity contribution >= 4 is 28.5 Å². The van der Waals surface area contributed by atoms with E-state index in [2.05, 4.69) is 25.9 Å². The van der Waals surface area contributed by atoms with Gasteiger partial charge in [0, 0.05) is 37.6 Å². The molecule has 0 bridgehead atoms. The number of hydrogen-bond donors (Lipinski definition) is 1. The van der Waals surface area contributed by atoms with Crippen LogP contribution in [0.1, 0.15) is 18.1 Å². The predicted octanol–water partition coefficient (Wildman–Crippen LogP) is 2.70. The van der Waals surface area contributed by atoms with Crippen LogP contribution in [0.25, 0.3) is 16.9 Å². The number of nitrogen functional groups attached to an aromatic ring is 1. The molecule has 2 N–H and O–H groups in total. The Labute approximate surface area is 195 Å². The minimum absolute atomic E-state index is 0.139. The summed E-state index contributed by atoms with van der Waals surface area (Å²) in [7, 11) is 0. The summed E-state index contributed by atoms with van der Waals surface area (Å²) in [6.45, 7) is 4.50. The number of pyridine rings is 1. The minimum atomic E-state index is -0.139. The number of hydrogen-bond acceptors (Lipinski definition) is 8. The molecule has 1 aromatic carbocycles. The fourth-order valence-corrected chi connectivity index (χ4v) is 4.47. The first kappa shape index (κ1) is 21.5. The van der Waals surface area contributed by atoms with Gasteiger partial charge in [0.05, 0.1) is 0 Å². The Hall–Kier alpha value is -3.37. The molecule has 4 heterocycles. The van der Waals surface area contributed by atoms with Crippen LogP contribution in [0.3, 0.4) is 0 Å². The van der Waals surface area contributed by atoms with Crippen LogP contribution in [0.5, 0.6) is 5.88 Å². The van der Waals surface area contributed by atoms with Gasteiger partial charge >= 0.3 is 0 Å². The second-order valence-electron chi connectivity index (χ2n) is 7.86. The Morgan fingerprint density at radius 2 is 2.06 bits per heavy atom. The lowest BCUT2D eigenvalue weighted by Crippen LogP contribution is -2.33. The topological polar surface area (TPSA) is 104 Å². The number of nitrogens with zero attached hydrogens (tertiary/aromatic N) is 6. The largest absolute Gasteiger partial charge is 0.461 e. The van der Waals surface area contributed by atoms with Crippen LogP contribution in [-0.2, 0) is 19.5 Å². The quantitative estimate of drug-likeness (QED) is 0.264. The summed E-state index contributed by atoms with van der Waals surface area (Å²) in [5.74, 6) is 1.06. The average Bonchev–Trinajstić information content (AvgIpc) is 3.13. The molecule has 0 saturated heterocycles. The van der Waals surface area contributed by atoms with Crippen molar-refractivity contribution in [2.24, 2.45) is 0 Å². The molecule has 10 heteroatoms. The van der Waals surface area contributed by atoms with E-state index in [1.807, 2.05) is 43.5 Å². The molecule has 0 amide bonds. The molecule has 33 heavy (non-hydrogen) atoms. The van der Waals surface area contributed by atoms with Crippen LogP contribution in [0.2, 0.25) is 0 Å². The summed E-state index contributed by atoms with van der Waals surface area (Å²) in [6.07, 6.45) is 4.45. The third kappa shape index (κ3) is 4.07. The second kappa shape index (κ2) is 8.87. The van der Waals surface area contributed by atoms with Crippen LogP contribution in [0.4, 0.5) is 5.69 Å². The van der Waals surface area contributed by atoms with Crippen LogP contribution >= 0.6 is 11.8 Å². The number of ether oxygens (including phenoxy) is 1. The predicted molar refractivity (Wildman–Crippen MR) is 129 cm³/mol. The molecule has 0 unspecified atom stereocenters. The molecule has 0 radical (unpaired) electrons. The zero-order chi connectivity index (χ0) is 22.9. The van der Waals surface area contributed by atoms with Gasteiger partial charge in [-0.2, -0.15) is 4.98 Å². The molecule has 3 aromatic heterocycles. The van der Waals surface area contributed by atoms with Gasteiger partial charge in [-0.25, -0.2) is 19.3 Å². The molecule has 0 atom stereocenters. The number of fused-ring (bicyclic) bond motifs is 2. The maximum absolute atomic E-state index is 12.9. The Morgan fingerprint density at radius 1 is 1.18 bits per heavy atom. The first-order valence-corrected chi connectivity index (χ1v) is 12.0. The number of aromatic nitrogens is 5. The molecule has 0 aliphatic carbocycles. The smallest absolute Gasteiger partial charge is 0.278 e. The van der Waals surface area contributed by atoms with Gasteiger partial charge in [-0.15, -0.1) is 0 Å². The first-order chi connectivity index (χ1) is 16.1. The Balaban J connectivity index is 1.41. The standard InChI is InChI=1S/C23H25N7O2S/c1-3-29-22(31)18-12-25-23(33-2)27-21(18)30(29)19-5-4-6-20(26-19)32-14-28-10-9-15-7-8-17(24)11-16(15)13-28/h4-8,11-12H,3,9-10,13-14,24H2,1-2H3. The summed E-state index contributed by atoms with van der Waals surface area (Å²) in [4.78, 5) is 28.6. The summed E-state index contributed by atoms with van der Waals surface area (Å²) in [6, 6.07) is 11.6. The van der Waals surface area contributed by atoms with Crippen molar-refractivity contribution in [3.8, 4) is 11.7 Å². The van der Waals surface area contributed by atoms with Gasteiger partial charge in [-0.1, -0.05) is 23.9 Å². The highest BCUT2D eigenvalue weighted by Gasteiger charge is 2.19. The van der Waals surface area contributed by atoms with Gasteiger partial charge < -0.3 is 10.5 Å². The van der Waals surface area contributed by atoms with Crippen molar-refractivity contribution in [1.82, 2.24) is 29.2 Å². The van der Waals surface area contributed by atoms with Crippen LogP contribution < -0.4 is 16.0 Å². The molecule has 4 aromatic rings. The minimum Gasteiger partial charge on any atom is -0.461 e. The molecular formula is C23H25N7O2S. The van der Waals surface area contributed by atoms with Crippen LogP contribution in [0.15, 0.2) is 52.5 Å². The summed E-state index contributed by atoms with van der Waals surface area (Å²) < 4.78 is 9.39. The van der Waals surface area contributed by atoms with E-state index in [4.69, 9.17) is 10.5 Å². The van der Waals surface area contributed by atoms with Crippen molar-refractivity contribution in [3.05, 3.63) is 64.1 Å². The average molecular weight is 464 g/mol. The SMILES string of the molecule is CCn1c(=O)c2cnc(SC)nc2n1-c1cccc(OCN2CCc3ccc(N)cc3C2)n1. The lowest BCUT2D eigenvalue weighted by Gasteiger charge is -2.28. The van der Waals surface area contributed by atoms with E-state index < -0.39 is 0 Å². The van der Waals surface area contributed by atoms with E-state index in [1.165, 1.54) is 22.9 Å². The van der Waals surface area contributed by atoms with E-state index in [9.17, 15) is 4.79 Å². The zero-order valence-electron chi connectivity index (χ0n) is 18.6. The zero-order valence-corrected chi connectivity index (χ0v) is 19.4. The first-order valence-electron chi connectivity index (χ1n) is 10.8. The molecule has 0 spiro atoms. The van der Waals surface area contributed by atoms with Gasteiger partial charge in [-0.05, 0) is 48.9 Å². The summed E-state index contributed by atoms with van der Waals surface area (Å²) in [5, 5.41) is 1.07. The van der Waals surface area contributed by atoms with Gasteiger partial charge in [0.15, 0.2) is 16.6 Å². The molecule has 5 rings (SSSR count). The van der Waals surface area contributed by atoms with E-state index in [-0.39, 0.29) is 5.56 Å². The molecule has 9 nitrogen and oxygen atoms in total. The van der Waals surface area contributed by atoms with Crippen molar-refractivity contribution in [2.45, 2.75) is 31.6 Å². The number of nitrogens with two attached hydrogens (primary N) is 1. The van der Waals surface area contributed by atoms with Crippen molar-refractivity contribution in [2.75, 3.05) is 25.3 Å². The van der Waals surface area contributed by atoms with Gasteiger partial charge in [-0.3, -0.25) is 9.69 Å². The monoisotopic (exact) mass is 463 g/mol. The van der Waals surface area contributed by atoms with E-state index in [0.717, 1.165) is 25.2 Å². The Morgan fingerprint density at radius 3 is 2.88 bits per heavy atom. The van der Waals surface area contributed by atoms with Gasteiger partial charge in [0.2, 0.25) is 5.88 Å². The fraction of sp³-hybridized carbons (Fsp3) is 0.304. The number of benzene rings is 1. The fourth-order valence-electron chi connectivity index (χ4n) is 4.13. The van der Waals surface area contributed by atoms with E-state index in [1.54, 1.807) is 15.6 Å². The highest BCUT2D eigenvalue weighted by molar-refractivity contribution is 7.98. The highest BCUT2D eigenvalue weighted by Crippen LogP contribution is 2.22. The molecule has 0 saturated carbocycles. The third-order valence-corrected chi connectivity index (χ3v) is 6.34. The second-order valence-corrected chi connectivity index (χ2v) is 8.64. The summed E-state index contributed by atoms with van der Waals surface area (Å²) >= 11 is 1.43. The van der Waals surface area contributed by atoms with Crippen LogP contribution in [0, 0.1) is 0 Å². The maximum atomic E-state index is 12.9. The van der Waals surface area contributed by atoms with Crippen molar-refractivity contribution < 1.29 is 4.74 Å². The normalized spacial score (nSPS) is 13.9. The van der Waals surface area contributed by atoms with Gasteiger partial charge in [0.1, 0.15) is 12.1 Å². The highest BCUT2D eigenvalue weighted by atomic mass is 32.2. The Kier molecular flexibility index (Phi) is 5.77. The molecule has 1 aliphatic rings. The van der Waals surface area contributed by atoms with Crippen LogP contribution in [-0.4, -0.2) is 48.7 Å². The molecular weight excluding hydrogens is 438 g/mol.